The zero-order chi connectivity index (χ0) is 15.4. The van der Waals surface area contributed by atoms with Crippen LogP contribution < -0.4 is 5.32 Å². The lowest BCUT2D eigenvalue weighted by molar-refractivity contribution is -0.122. The summed E-state index contributed by atoms with van der Waals surface area (Å²) < 4.78 is 55.9. The van der Waals surface area contributed by atoms with Crippen LogP contribution in [0.2, 0.25) is 0 Å². The van der Waals surface area contributed by atoms with Gasteiger partial charge < -0.3 is 9.73 Å². The van der Waals surface area contributed by atoms with Gasteiger partial charge in [0.1, 0.15) is 23.7 Å². The van der Waals surface area contributed by atoms with Crippen molar-refractivity contribution in [2.24, 2.45) is 0 Å². The van der Waals surface area contributed by atoms with Gasteiger partial charge in [-0.05, 0) is 18.2 Å². The van der Waals surface area contributed by atoms with E-state index in [1.807, 2.05) is 0 Å². The fourth-order valence-electron chi connectivity index (χ4n) is 1.65. The third-order valence-corrected chi connectivity index (χ3v) is 2.61. The zero-order valence-electron chi connectivity index (χ0n) is 10.6. The Bertz CT molecular complexity index is 596. The fourth-order valence-corrected chi connectivity index (χ4v) is 1.65. The lowest BCUT2D eigenvalue weighted by Crippen LogP contribution is -2.28. The topological polar surface area (TPSA) is 60.1 Å². The molecule has 9 heteroatoms. The van der Waals surface area contributed by atoms with Crippen LogP contribution in [-0.2, 0) is 17.9 Å². The first-order valence-corrected chi connectivity index (χ1v) is 5.90. The van der Waals surface area contributed by atoms with Gasteiger partial charge in [0, 0.05) is 0 Å². The molecule has 0 bridgehead atoms. The minimum absolute atomic E-state index is 0.0683. The van der Waals surface area contributed by atoms with Crippen LogP contribution in [0.5, 0.6) is 0 Å². The lowest BCUT2D eigenvalue weighted by atomic mass is 10.3. The molecular weight excluding hydrogens is 294 g/mol. The van der Waals surface area contributed by atoms with Gasteiger partial charge in [0.15, 0.2) is 0 Å². The van der Waals surface area contributed by atoms with E-state index in [0.717, 1.165) is 0 Å². The molecule has 0 saturated carbocycles. The van der Waals surface area contributed by atoms with Crippen molar-refractivity contribution in [1.29, 1.82) is 0 Å². The smallest absolute Gasteiger partial charge is 0.282 e. The number of rotatable bonds is 6. The summed E-state index contributed by atoms with van der Waals surface area (Å²) in [4.78, 5) is 11.6. The number of amides is 1. The number of hydrogen-bond donors (Lipinski definition) is 1. The molecular formula is C12H11F4N3O2. The molecule has 0 unspecified atom stereocenters. The van der Waals surface area contributed by atoms with E-state index in [0.29, 0.717) is 16.5 Å². The highest BCUT2D eigenvalue weighted by atomic mass is 19.3. The number of carbonyl (C=O) groups excluding carboxylic acids is 1. The van der Waals surface area contributed by atoms with Crippen LogP contribution in [0.1, 0.15) is 30.0 Å². The molecule has 0 aliphatic carbocycles. The van der Waals surface area contributed by atoms with E-state index >= 15 is 0 Å². The number of alkyl halides is 4. The average molecular weight is 305 g/mol. The number of hydrogen-bond acceptors (Lipinski definition) is 3. The maximum Gasteiger partial charge on any atom is 0.282 e. The third-order valence-electron chi connectivity index (χ3n) is 2.61. The fraction of sp³-hybridized carbons (Fsp3) is 0.333. The van der Waals surface area contributed by atoms with E-state index < -0.39 is 36.7 Å². The van der Waals surface area contributed by atoms with Crippen LogP contribution >= 0.6 is 0 Å². The summed E-state index contributed by atoms with van der Waals surface area (Å²) in [6.07, 6.45) is -4.56. The number of aromatic nitrogens is 2. The van der Waals surface area contributed by atoms with E-state index in [1.54, 1.807) is 12.1 Å². The first kappa shape index (κ1) is 15.1. The van der Waals surface area contributed by atoms with Crippen molar-refractivity contribution in [2.75, 3.05) is 0 Å². The molecule has 0 fully saturated rings. The molecule has 2 aromatic rings. The molecule has 0 saturated heterocycles. The van der Waals surface area contributed by atoms with E-state index in [1.165, 1.54) is 6.26 Å². The Kier molecular flexibility index (Phi) is 4.61. The summed E-state index contributed by atoms with van der Waals surface area (Å²) in [6, 6.07) is 3.83. The van der Waals surface area contributed by atoms with Gasteiger partial charge in [-0.25, -0.2) is 17.6 Å². The van der Waals surface area contributed by atoms with Crippen LogP contribution in [-0.4, -0.2) is 15.7 Å². The Balaban J connectivity index is 2.02. The summed E-state index contributed by atoms with van der Waals surface area (Å²) in [7, 11) is 0. The van der Waals surface area contributed by atoms with Gasteiger partial charge in [-0.2, -0.15) is 5.10 Å². The van der Waals surface area contributed by atoms with Crippen molar-refractivity contribution in [3.63, 3.8) is 0 Å². The minimum atomic E-state index is -3.00. The molecule has 0 aliphatic rings. The summed E-state index contributed by atoms with van der Waals surface area (Å²) >= 11 is 0. The van der Waals surface area contributed by atoms with Crippen LogP contribution in [0.15, 0.2) is 28.9 Å². The van der Waals surface area contributed by atoms with Gasteiger partial charge in [-0.1, -0.05) is 0 Å². The summed E-state index contributed by atoms with van der Waals surface area (Å²) in [5.74, 6) is -0.164. The molecule has 1 amide bonds. The maximum atomic E-state index is 12.7. The SMILES string of the molecule is O=C(Cn1nc(C(F)F)cc1C(F)F)NCc1ccco1. The second-order valence-electron chi connectivity index (χ2n) is 4.11. The first-order valence-electron chi connectivity index (χ1n) is 5.90. The maximum absolute atomic E-state index is 12.7. The molecule has 1 N–H and O–H groups in total. The van der Waals surface area contributed by atoms with E-state index in [4.69, 9.17) is 4.42 Å². The Morgan fingerprint density at radius 3 is 2.67 bits per heavy atom. The Hall–Kier alpha value is -2.32. The van der Waals surface area contributed by atoms with Crippen molar-refractivity contribution in [1.82, 2.24) is 15.1 Å². The predicted octanol–water partition coefficient (Wildman–Crippen LogP) is 2.67. The second-order valence-corrected chi connectivity index (χ2v) is 4.11. The lowest BCUT2D eigenvalue weighted by Gasteiger charge is -2.07. The van der Waals surface area contributed by atoms with E-state index in [-0.39, 0.29) is 6.54 Å². The molecule has 0 radical (unpaired) electrons. The largest absolute Gasteiger partial charge is 0.467 e. The number of carbonyl (C=O) groups is 1. The highest BCUT2D eigenvalue weighted by molar-refractivity contribution is 5.75. The van der Waals surface area contributed by atoms with Gasteiger partial charge in [0.2, 0.25) is 5.91 Å². The molecule has 0 spiro atoms. The van der Waals surface area contributed by atoms with Crippen molar-refractivity contribution < 1.29 is 26.8 Å². The second kappa shape index (κ2) is 6.42. The van der Waals surface area contributed by atoms with Crippen molar-refractivity contribution in [2.45, 2.75) is 25.9 Å². The molecule has 0 atom stereocenters. The van der Waals surface area contributed by atoms with Crippen LogP contribution in [0.25, 0.3) is 0 Å². The minimum Gasteiger partial charge on any atom is -0.467 e. The third kappa shape index (κ3) is 3.83. The van der Waals surface area contributed by atoms with Crippen LogP contribution in [0, 0.1) is 0 Å². The number of nitrogens with zero attached hydrogens (tertiary/aromatic N) is 2. The molecule has 21 heavy (non-hydrogen) atoms. The van der Waals surface area contributed by atoms with Gasteiger partial charge in [0.25, 0.3) is 12.9 Å². The Morgan fingerprint density at radius 2 is 2.10 bits per heavy atom. The predicted molar refractivity (Wildman–Crippen MR) is 62.7 cm³/mol. The summed E-state index contributed by atoms with van der Waals surface area (Å²) in [5, 5.41) is 5.73. The first-order chi connectivity index (χ1) is 9.97. The van der Waals surface area contributed by atoms with Crippen molar-refractivity contribution >= 4 is 5.91 Å². The van der Waals surface area contributed by atoms with E-state index in [9.17, 15) is 22.4 Å². The van der Waals surface area contributed by atoms with Gasteiger partial charge >= 0.3 is 0 Å². The molecule has 2 rings (SSSR count). The highest BCUT2D eigenvalue weighted by Gasteiger charge is 2.22. The number of nitrogens with one attached hydrogen (secondary N) is 1. The highest BCUT2D eigenvalue weighted by Crippen LogP contribution is 2.24. The van der Waals surface area contributed by atoms with Gasteiger partial charge in [0.05, 0.1) is 12.8 Å². The summed E-state index contributed by atoms with van der Waals surface area (Å²) in [6.45, 7) is -0.508. The molecule has 2 aromatic heterocycles. The molecule has 0 aliphatic heterocycles. The van der Waals surface area contributed by atoms with Crippen molar-refractivity contribution in [3.8, 4) is 0 Å². The molecule has 5 nitrogen and oxygen atoms in total. The van der Waals surface area contributed by atoms with Crippen LogP contribution in [0.4, 0.5) is 17.6 Å². The molecule has 2 heterocycles. The van der Waals surface area contributed by atoms with Crippen LogP contribution in [0.3, 0.4) is 0 Å². The number of halogens is 4. The van der Waals surface area contributed by atoms with Gasteiger partial charge in [-0.3, -0.25) is 9.48 Å². The summed E-state index contributed by atoms with van der Waals surface area (Å²) in [5.41, 5.74) is -1.51. The molecule has 0 aromatic carbocycles. The number of furan rings is 1. The standard InChI is InChI=1S/C12H11F4N3O2/c13-11(14)8-4-9(12(15)16)19(18-8)6-10(20)17-5-7-2-1-3-21-7/h1-4,11-12H,5-6H2,(H,17,20). The van der Waals surface area contributed by atoms with Crippen molar-refractivity contribution in [3.05, 3.63) is 41.6 Å². The van der Waals surface area contributed by atoms with E-state index in [2.05, 4.69) is 10.4 Å². The Labute approximate surface area is 116 Å². The quantitative estimate of drug-likeness (QED) is 0.835. The average Bonchev–Trinajstić information content (AvgIpc) is 3.05. The zero-order valence-corrected chi connectivity index (χ0v) is 10.6. The van der Waals surface area contributed by atoms with Gasteiger partial charge in [-0.15, -0.1) is 0 Å². The molecule has 114 valence electrons. The monoisotopic (exact) mass is 305 g/mol. The normalized spacial score (nSPS) is 11.3. The Morgan fingerprint density at radius 1 is 1.33 bits per heavy atom.